The van der Waals surface area contributed by atoms with Crippen molar-refractivity contribution in [1.82, 2.24) is 15.6 Å². The maximum Gasteiger partial charge on any atom is 0.191 e. The second kappa shape index (κ2) is 13.6. The fourth-order valence-electron chi connectivity index (χ4n) is 3.50. The van der Waals surface area contributed by atoms with E-state index >= 15 is 0 Å². The molecule has 3 rings (SSSR count). The molecule has 0 aliphatic carbocycles. The molecule has 3 N–H and O–H groups in total. The van der Waals surface area contributed by atoms with Crippen molar-refractivity contribution in [3.8, 4) is 5.75 Å². The Morgan fingerprint density at radius 3 is 2.88 bits per heavy atom. The van der Waals surface area contributed by atoms with Crippen LogP contribution in [0.4, 0.5) is 5.82 Å². The number of aliphatic imine (C=N–C) groups is 1. The summed E-state index contributed by atoms with van der Waals surface area (Å²) in [5.41, 5.74) is 2.30. The molecular formula is C25H37N5O2. The van der Waals surface area contributed by atoms with E-state index in [2.05, 4.69) is 53.0 Å². The molecule has 174 valence electrons. The van der Waals surface area contributed by atoms with Crippen molar-refractivity contribution in [3.05, 3.63) is 53.7 Å². The van der Waals surface area contributed by atoms with Crippen LogP contribution < -0.4 is 20.7 Å². The van der Waals surface area contributed by atoms with Gasteiger partial charge in [0.15, 0.2) is 5.96 Å². The predicted molar refractivity (Wildman–Crippen MR) is 130 cm³/mol. The van der Waals surface area contributed by atoms with Crippen molar-refractivity contribution in [2.45, 2.75) is 39.7 Å². The summed E-state index contributed by atoms with van der Waals surface area (Å²) in [6, 6.07) is 12.2. The molecule has 1 aromatic carbocycles. The number of hydrogen-bond acceptors (Lipinski definition) is 5. The molecule has 1 aliphatic rings. The van der Waals surface area contributed by atoms with Gasteiger partial charge in [0, 0.05) is 43.9 Å². The number of unbranched alkanes of at least 4 members (excludes halogenated alkanes) is 1. The molecule has 2 heterocycles. The number of rotatable bonds is 12. The minimum absolute atomic E-state index is 0.484. The molecule has 1 aromatic heterocycles. The minimum atomic E-state index is 0.484. The highest BCUT2D eigenvalue weighted by Crippen LogP contribution is 2.23. The van der Waals surface area contributed by atoms with Crippen LogP contribution in [0.5, 0.6) is 5.75 Å². The zero-order chi connectivity index (χ0) is 22.4. The van der Waals surface area contributed by atoms with Crippen molar-refractivity contribution >= 4 is 11.8 Å². The normalized spacial score (nSPS) is 16.1. The average Bonchev–Trinajstić information content (AvgIpc) is 3.33. The minimum Gasteiger partial charge on any atom is -0.493 e. The second-order valence-corrected chi connectivity index (χ2v) is 8.12. The lowest BCUT2D eigenvalue weighted by molar-refractivity contribution is 0.166. The lowest BCUT2D eigenvalue weighted by Gasteiger charge is -2.15. The number of guanidine groups is 1. The maximum absolute atomic E-state index is 6.15. The van der Waals surface area contributed by atoms with Crippen LogP contribution in [-0.4, -0.2) is 50.4 Å². The molecule has 1 saturated heterocycles. The number of aryl methyl sites for hydroxylation is 1. The quantitative estimate of drug-likeness (QED) is 0.266. The molecule has 0 amide bonds. The van der Waals surface area contributed by atoms with Gasteiger partial charge < -0.3 is 25.4 Å². The Hall–Kier alpha value is -2.80. The van der Waals surface area contributed by atoms with Gasteiger partial charge in [-0.2, -0.15) is 0 Å². The monoisotopic (exact) mass is 439 g/mol. The van der Waals surface area contributed by atoms with Crippen LogP contribution in [0, 0.1) is 12.8 Å². The highest BCUT2D eigenvalue weighted by atomic mass is 16.5. The summed E-state index contributed by atoms with van der Waals surface area (Å²) < 4.78 is 11.6. The highest BCUT2D eigenvalue weighted by Gasteiger charge is 2.17. The van der Waals surface area contributed by atoms with Crippen molar-refractivity contribution in [3.63, 3.8) is 0 Å². The first-order chi connectivity index (χ1) is 15.7. The number of pyridine rings is 1. The third-order valence-corrected chi connectivity index (χ3v) is 5.34. The van der Waals surface area contributed by atoms with Gasteiger partial charge in [0.2, 0.25) is 0 Å². The largest absolute Gasteiger partial charge is 0.493 e. The van der Waals surface area contributed by atoms with Crippen LogP contribution in [0.3, 0.4) is 0 Å². The third-order valence-electron chi connectivity index (χ3n) is 5.34. The van der Waals surface area contributed by atoms with E-state index in [1.54, 1.807) is 6.20 Å². The standard InChI is InChI=1S/C25H37N5O2/c1-3-26-25(29-14-7-6-13-28-24-8-4-5-12-27-24)30-17-22-10-9-20(2)16-23(22)32-19-21-11-15-31-18-21/h4-5,8-10,12,16,21H,3,6-7,11,13-15,17-19H2,1-2H3,(H,27,28)(H2,26,29,30). The first-order valence-electron chi connectivity index (χ1n) is 11.7. The molecule has 2 aromatic rings. The van der Waals surface area contributed by atoms with Crippen molar-refractivity contribution in [1.29, 1.82) is 0 Å². The van der Waals surface area contributed by atoms with E-state index in [1.165, 1.54) is 5.56 Å². The number of anilines is 1. The second-order valence-electron chi connectivity index (χ2n) is 8.12. The van der Waals surface area contributed by atoms with Crippen LogP contribution in [0.1, 0.15) is 37.3 Å². The molecule has 7 heteroatoms. The smallest absolute Gasteiger partial charge is 0.191 e. The summed E-state index contributed by atoms with van der Waals surface area (Å²) >= 11 is 0. The summed E-state index contributed by atoms with van der Waals surface area (Å²) in [4.78, 5) is 9.06. The Balaban J connectivity index is 1.45. The van der Waals surface area contributed by atoms with E-state index in [1.807, 2.05) is 18.2 Å². The molecule has 0 saturated carbocycles. The molecule has 0 radical (unpaired) electrons. The van der Waals surface area contributed by atoms with Crippen molar-refractivity contribution in [2.75, 3.05) is 44.8 Å². The van der Waals surface area contributed by atoms with Crippen LogP contribution in [0.15, 0.2) is 47.6 Å². The van der Waals surface area contributed by atoms with E-state index in [0.717, 1.165) is 75.2 Å². The topological polar surface area (TPSA) is 79.8 Å². The predicted octanol–water partition coefficient (Wildman–Crippen LogP) is 3.75. The Bertz CT molecular complexity index is 822. The number of hydrogen-bond donors (Lipinski definition) is 3. The van der Waals surface area contributed by atoms with E-state index in [0.29, 0.717) is 19.1 Å². The summed E-state index contributed by atoms with van der Waals surface area (Å²) in [6.07, 6.45) is 4.98. The molecule has 1 atom stereocenters. The Labute approximate surface area is 192 Å². The van der Waals surface area contributed by atoms with Crippen molar-refractivity contribution < 1.29 is 9.47 Å². The van der Waals surface area contributed by atoms with Gasteiger partial charge in [-0.15, -0.1) is 0 Å². The number of nitrogens with one attached hydrogen (secondary N) is 3. The molecule has 32 heavy (non-hydrogen) atoms. The van der Waals surface area contributed by atoms with Crippen LogP contribution in [-0.2, 0) is 11.3 Å². The van der Waals surface area contributed by atoms with Gasteiger partial charge in [0.05, 0.1) is 19.8 Å². The first kappa shape index (κ1) is 23.9. The van der Waals surface area contributed by atoms with Gasteiger partial charge in [-0.3, -0.25) is 0 Å². The Morgan fingerprint density at radius 2 is 2.09 bits per heavy atom. The molecule has 0 spiro atoms. The molecule has 1 aliphatic heterocycles. The van der Waals surface area contributed by atoms with Crippen LogP contribution >= 0.6 is 0 Å². The molecule has 0 bridgehead atoms. The highest BCUT2D eigenvalue weighted by molar-refractivity contribution is 5.79. The molecule has 1 unspecified atom stereocenters. The van der Waals surface area contributed by atoms with E-state index in [9.17, 15) is 0 Å². The van der Waals surface area contributed by atoms with E-state index in [-0.39, 0.29) is 0 Å². The summed E-state index contributed by atoms with van der Waals surface area (Å²) in [7, 11) is 0. The van der Waals surface area contributed by atoms with Gasteiger partial charge >= 0.3 is 0 Å². The van der Waals surface area contributed by atoms with Crippen molar-refractivity contribution in [2.24, 2.45) is 10.9 Å². The fraction of sp³-hybridized carbons (Fsp3) is 0.520. The van der Waals surface area contributed by atoms with Gasteiger partial charge in [0.25, 0.3) is 0 Å². The summed E-state index contributed by atoms with van der Waals surface area (Å²) in [6.45, 7) is 9.69. The van der Waals surface area contributed by atoms with Crippen LogP contribution in [0.2, 0.25) is 0 Å². The number of ether oxygens (including phenoxy) is 2. The molecule has 7 nitrogen and oxygen atoms in total. The number of benzene rings is 1. The lowest BCUT2D eigenvalue weighted by atomic mass is 10.1. The summed E-state index contributed by atoms with van der Waals surface area (Å²) in [5, 5.41) is 10.1. The molecular weight excluding hydrogens is 402 g/mol. The lowest BCUT2D eigenvalue weighted by Crippen LogP contribution is -2.37. The number of nitrogens with zero attached hydrogens (tertiary/aromatic N) is 2. The SMILES string of the molecule is CCNC(=NCc1ccc(C)cc1OCC1CCOC1)NCCCCNc1ccccn1. The first-order valence-corrected chi connectivity index (χ1v) is 11.7. The zero-order valence-electron chi connectivity index (χ0n) is 19.4. The summed E-state index contributed by atoms with van der Waals surface area (Å²) in [5.74, 6) is 3.17. The van der Waals surface area contributed by atoms with Gasteiger partial charge in [-0.25, -0.2) is 9.98 Å². The fourth-order valence-corrected chi connectivity index (χ4v) is 3.50. The molecule has 1 fully saturated rings. The maximum atomic E-state index is 6.15. The number of aromatic nitrogens is 1. The Kier molecular flexibility index (Phi) is 10.1. The van der Waals surface area contributed by atoms with Gasteiger partial charge in [0.1, 0.15) is 11.6 Å². The average molecular weight is 440 g/mol. The third kappa shape index (κ3) is 8.38. The zero-order valence-corrected chi connectivity index (χ0v) is 19.4. The van der Waals surface area contributed by atoms with Gasteiger partial charge in [-0.05, 0) is 56.9 Å². The van der Waals surface area contributed by atoms with E-state index in [4.69, 9.17) is 14.5 Å². The Morgan fingerprint density at radius 1 is 1.19 bits per heavy atom. The van der Waals surface area contributed by atoms with Gasteiger partial charge in [-0.1, -0.05) is 18.2 Å². The van der Waals surface area contributed by atoms with Crippen LogP contribution in [0.25, 0.3) is 0 Å². The van der Waals surface area contributed by atoms with E-state index < -0.39 is 0 Å².